The molecule has 22 heavy (non-hydrogen) atoms. The third kappa shape index (κ3) is 2.67. The summed E-state index contributed by atoms with van der Waals surface area (Å²) >= 11 is 5.89. The Labute approximate surface area is 133 Å². The highest BCUT2D eigenvalue weighted by Gasteiger charge is 2.27. The zero-order valence-electron chi connectivity index (χ0n) is 12.0. The van der Waals surface area contributed by atoms with Gasteiger partial charge in [-0.25, -0.2) is 0 Å². The minimum atomic E-state index is -0.116. The first-order valence-corrected chi connectivity index (χ1v) is 7.11. The molecule has 0 spiro atoms. The van der Waals surface area contributed by atoms with E-state index in [0.29, 0.717) is 34.4 Å². The van der Waals surface area contributed by atoms with E-state index in [0.717, 1.165) is 5.56 Å². The third-order valence-electron chi connectivity index (χ3n) is 3.51. The Hall–Kier alpha value is -2.40. The number of nitrogens with two attached hydrogens (primary N) is 1. The Morgan fingerprint density at radius 3 is 2.73 bits per heavy atom. The van der Waals surface area contributed by atoms with Crippen molar-refractivity contribution < 1.29 is 14.3 Å². The number of ether oxygens (including phenoxy) is 2. The second-order valence-electron chi connectivity index (χ2n) is 4.96. The number of fused-ring (bicyclic) bond motifs is 1. The van der Waals surface area contributed by atoms with E-state index >= 15 is 0 Å². The first kappa shape index (κ1) is 14.5. The highest BCUT2D eigenvalue weighted by molar-refractivity contribution is 6.30. The minimum absolute atomic E-state index is 0.00758. The van der Waals surface area contributed by atoms with Gasteiger partial charge in [-0.05, 0) is 17.7 Å². The molecule has 0 atom stereocenters. The van der Waals surface area contributed by atoms with Gasteiger partial charge in [0.05, 0.1) is 25.0 Å². The van der Waals surface area contributed by atoms with Gasteiger partial charge in [0.2, 0.25) is 0 Å². The first-order valence-electron chi connectivity index (χ1n) is 6.73. The van der Waals surface area contributed by atoms with E-state index in [1.807, 2.05) is 12.1 Å². The number of hydrogen-bond donors (Lipinski definition) is 1. The highest BCUT2D eigenvalue weighted by atomic mass is 35.5. The van der Waals surface area contributed by atoms with Gasteiger partial charge < -0.3 is 20.1 Å². The predicted molar refractivity (Wildman–Crippen MR) is 85.5 cm³/mol. The maximum atomic E-state index is 12.2. The van der Waals surface area contributed by atoms with Crippen LogP contribution in [0.2, 0.25) is 5.02 Å². The highest BCUT2D eigenvalue weighted by Crippen LogP contribution is 2.39. The zero-order valence-corrected chi connectivity index (χ0v) is 12.8. The molecule has 1 amide bonds. The monoisotopic (exact) mass is 318 g/mol. The Kier molecular flexibility index (Phi) is 3.81. The van der Waals surface area contributed by atoms with Gasteiger partial charge in [0.15, 0.2) is 6.61 Å². The number of carbonyl (C=O) groups is 1. The molecule has 1 aliphatic rings. The summed E-state index contributed by atoms with van der Waals surface area (Å²) < 4.78 is 10.7. The van der Waals surface area contributed by atoms with E-state index < -0.39 is 0 Å². The summed E-state index contributed by atoms with van der Waals surface area (Å²) in [4.78, 5) is 13.9. The summed E-state index contributed by atoms with van der Waals surface area (Å²) in [6.07, 6.45) is 0. The maximum absolute atomic E-state index is 12.2. The molecule has 2 aromatic carbocycles. The molecule has 1 heterocycles. The van der Waals surface area contributed by atoms with Crippen molar-refractivity contribution in [3.05, 3.63) is 47.0 Å². The average Bonchev–Trinajstić information content (AvgIpc) is 2.52. The molecule has 2 aromatic rings. The van der Waals surface area contributed by atoms with Crippen molar-refractivity contribution in [2.24, 2.45) is 0 Å². The summed E-state index contributed by atoms with van der Waals surface area (Å²) in [7, 11) is 1.53. The number of halogens is 1. The lowest BCUT2D eigenvalue weighted by Crippen LogP contribution is -2.38. The van der Waals surface area contributed by atoms with Crippen LogP contribution < -0.4 is 20.1 Å². The Bertz CT molecular complexity index is 716. The molecule has 5 nitrogen and oxygen atoms in total. The molecule has 0 bridgehead atoms. The van der Waals surface area contributed by atoms with Crippen molar-refractivity contribution in [1.82, 2.24) is 0 Å². The number of carbonyl (C=O) groups excluding carboxylic acids is 1. The lowest BCUT2D eigenvalue weighted by atomic mass is 10.1. The van der Waals surface area contributed by atoms with E-state index in [9.17, 15) is 4.79 Å². The van der Waals surface area contributed by atoms with Gasteiger partial charge in [0.1, 0.15) is 11.5 Å². The number of amides is 1. The molecule has 3 rings (SSSR count). The number of nitrogens with zero attached hydrogens (tertiary/aromatic N) is 1. The van der Waals surface area contributed by atoms with Crippen LogP contribution in [-0.2, 0) is 11.3 Å². The van der Waals surface area contributed by atoms with Crippen molar-refractivity contribution in [3.63, 3.8) is 0 Å². The number of methoxy groups -OCH3 is 1. The molecule has 0 saturated carbocycles. The minimum Gasteiger partial charge on any atom is -0.495 e. The molecular formula is C16H15ClN2O3. The topological polar surface area (TPSA) is 64.8 Å². The smallest absolute Gasteiger partial charge is 0.265 e. The van der Waals surface area contributed by atoms with E-state index in [2.05, 4.69) is 0 Å². The van der Waals surface area contributed by atoms with Crippen LogP contribution in [0.25, 0.3) is 0 Å². The van der Waals surface area contributed by atoms with E-state index in [1.165, 1.54) is 7.11 Å². The Balaban J connectivity index is 1.98. The number of benzene rings is 2. The molecular weight excluding hydrogens is 304 g/mol. The number of hydrogen-bond acceptors (Lipinski definition) is 4. The second-order valence-corrected chi connectivity index (χ2v) is 5.39. The lowest BCUT2D eigenvalue weighted by molar-refractivity contribution is -0.121. The van der Waals surface area contributed by atoms with Gasteiger partial charge in [0.25, 0.3) is 5.91 Å². The van der Waals surface area contributed by atoms with Crippen molar-refractivity contribution in [3.8, 4) is 11.5 Å². The lowest BCUT2D eigenvalue weighted by Gasteiger charge is -2.30. The molecule has 0 fully saturated rings. The van der Waals surface area contributed by atoms with Gasteiger partial charge in [0, 0.05) is 17.2 Å². The molecule has 0 saturated heterocycles. The van der Waals surface area contributed by atoms with Crippen LogP contribution in [0.15, 0.2) is 36.4 Å². The van der Waals surface area contributed by atoms with Crippen LogP contribution in [0.4, 0.5) is 11.4 Å². The van der Waals surface area contributed by atoms with Crippen LogP contribution in [-0.4, -0.2) is 19.6 Å². The van der Waals surface area contributed by atoms with Crippen LogP contribution in [0.1, 0.15) is 5.56 Å². The van der Waals surface area contributed by atoms with E-state index in [1.54, 1.807) is 29.2 Å². The summed E-state index contributed by atoms with van der Waals surface area (Å²) in [6.45, 7) is 0.422. The van der Waals surface area contributed by atoms with E-state index in [4.69, 9.17) is 26.8 Å². The summed E-state index contributed by atoms with van der Waals surface area (Å²) in [5.74, 6) is 0.972. The molecule has 0 aromatic heterocycles. The zero-order chi connectivity index (χ0) is 15.7. The van der Waals surface area contributed by atoms with Crippen molar-refractivity contribution in [1.29, 1.82) is 0 Å². The largest absolute Gasteiger partial charge is 0.495 e. The van der Waals surface area contributed by atoms with Crippen molar-refractivity contribution in [2.75, 3.05) is 24.4 Å². The number of rotatable bonds is 3. The number of nitrogen functional groups attached to an aromatic ring is 1. The summed E-state index contributed by atoms with van der Waals surface area (Å²) in [5.41, 5.74) is 7.98. The van der Waals surface area contributed by atoms with E-state index in [-0.39, 0.29) is 12.5 Å². The standard InChI is InChI=1S/C16H15ClN2O3/c1-21-14-7-13-15(6-12(14)18)22-9-16(20)19(13)8-10-2-4-11(17)5-3-10/h2-7H,8-9,18H2,1H3. The molecule has 6 heteroatoms. The average molecular weight is 319 g/mol. The molecule has 114 valence electrons. The van der Waals surface area contributed by atoms with Crippen LogP contribution in [0.3, 0.4) is 0 Å². The van der Waals surface area contributed by atoms with Crippen LogP contribution >= 0.6 is 11.6 Å². The summed E-state index contributed by atoms with van der Waals surface area (Å²) in [6, 6.07) is 10.8. The van der Waals surface area contributed by atoms with Gasteiger partial charge in [-0.15, -0.1) is 0 Å². The van der Waals surface area contributed by atoms with Crippen molar-refractivity contribution in [2.45, 2.75) is 6.54 Å². The second kappa shape index (κ2) is 5.77. The van der Waals surface area contributed by atoms with Gasteiger partial charge in [-0.1, -0.05) is 23.7 Å². The SMILES string of the molecule is COc1cc2c(cc1N)OCC(=O)N2Cc1ccc(Cl)cc1. The Morgan fingerprint density at radius 1 is 1.32 bits per heavy atom. The van der Waals surface area contributed by atoms with Gasteiger partial charge in [-0.2, -0.15) is 0 Å². The quantitative estimate of drug-likeness (QED) is 0.884. The van der Waals surface area contributed by atoms with Crippen LogP contribution in [0.5, 0.6) is 11.5 Å². The Morgan fingerprint density at radius 2 is 2.05 bits per heavy atom. The third-order valence-corrected chi connectivity index (χ3v) is 3.76. The molecule has 0 unspecified atom stereocenters. The number of anilines is 2. The molecule has 0 aliphatic carbocycles. The molecule has 0 radical (unpaired) electrons. The maximum Gasteiger partial charge on any atom is 0.265 e. The predicted octanol–water partition coefficient (Wildman–Crippen LogP) is 2.86. The molecule has 1 aliphatic heterocycles. The fraction of sp³-hybridized carbons (Fsp3) is 0.188. The normalized spacial score (nSPS) is 13.5. The van der Waals surface area contributed by atoms with Gasteiger partial charge >= 0.3 is 0 Å². The fourth-order valence-electron chi connectivity index (χ4n) is 2.37. The fourth-order valence-corrected chi connectivity index (χ4v) is 2.49. The summed E-state index contributed by atoms with van der Waals surface area (Å²) in [5, 5.41) is 0.659. The van der Waals surface area contributed by atoms with Crippen molar-refractivity contribution >= 4 is 28.9 Å². The molecule has 2 N–H and O–H groups in total. The van der Waals surface area contributed by atoms with Crippen LogP contribution in [0, 0.1) is 0 Å². The van der Waals surface area contributed by atoms with Gasteiger partial charge in [-0.3, -0.25) is 4.79 Å². The first-order chi connectivity index (χ1) is 10.6.